The maximum Gasteiger partial charge on any atom is 0.199 e. The predicted molar refractivity (Wildman–Crippen MR) is 118 cm³/mol. The van der Waals surface area contributed by atoms with Crippen molar-refractivity contribution in [1.82, 2.24) is 9.38 Å². The van der Waals surface area contributed by atoms with Gasteiger partial charge in [0.25, 0.3) is 0 Å². The van der Waals surface area contributed by atoms with Gasteiger partial charge in [-0.15, -0.1) is 0 Å². The van der Waals surface area contributed by atoms with Crippen molar-refractivity contribution >= 4 is 5.65 Å². The number of pyridine rings is 1. The van der Waals surface area contributed by atoms with Crippen molar-refractivity contribution in [2.24, 2.45) is 11.7 Å². The summed E-state index contributed by atoms with van der Waals surface area (Å²) in [5.41, 5.74) is 8.99. The minimum absolute atomic E-state index is 0.362. The van der Waals surface area contributed by atoms with Crippen LogP contribution in [0.25, 0.3) is 16.9 Å². The Balaban J connectivity index is 1.74. The van der Waals surface area contributed by atoms with E-state index in [0.717, 1.165) is 42.6 Å². The largest absolute Gasteiger partial charge is 0.495 e. The fourth-order valence-corrected chi connectivity index (χ4v) is 4.46. The Hall–Kier alpha value is -3.24. The fraction of sp³-hybridized carbons (Fsp3) is 0.417. The number of methoxy groups -OCH3 is 2. The molecular formula is C24H28N4O3. The van der Waals surface area contributed by atoms with Gasteiger partial charge in [0.05, 0.1) is 31.6 Å². The molecule has 2 heterocycles. The summed E-state index contributed by atoms with van der Waals surface area (Å²) in [6, 6.07) is 11.6. The van der Waals surface area contributed by atoms with E-state index < -0.39 is 0 Å². The molecule has 7 nitrogen and oxygen atoms in total. The summed E-state index contributed by atoms with van der Waals surface area (Å²) >= 11 is 0. The van der Waals surface area contributed by atoms with E-state index >= 15 is 0 Å². The number of aromatic nitrogens is 2. The lowest BCUT2D eigenvalue weighted by Gasteiger charge is -2.25. The smallest absolute Gasteiger partial charge is 0.199 e. The molecule has 31 heavy (non-hydrogen) atoms. The molecule has 2 aromatic heterocycles. The Morgan fingerprint density at radius 2 is 2.06 bits per heavy atom. The van der Waals surface area contributed by atoms with Crippen LogP contribution in [0.4, 0.5) is 0 Å². The van der Waals surface area contributed by atoms with E-state index in [9.17, 15) is 5.26 Å². The van der Waals surface area contributed by atoms with Gasteiger partial charge >= 0.3 is 0 Å². The van der Waals surface area contributed by atoms with Crippen LogP contribution in [0.5, 0.6) is 17.4 Å². The van der Waals surface area contributed by atoms with Crippen molar-refractivity contribution in [3.8, 4) is 34.7 Å². The Bertz CT molecular complexity index is 1130. The molecule has 0 amide bonds. The molecule has 3 aromatic rings. The second kappa shape index (κ2) is 8.48. The number of hydrogen-bond donors (Lipinski definition) is 1. The summed E-state index contributed by atoms with van der Waals surface area (Å²) in [7, 11) is 3.17. The minimum atomic E-state index is -0.372. The predicted octanol–water partition coefficient (Wildman–Crippen LogP) is 4.18. The first-order valence-corrected chi connectivity index (χ1v) is 10.6. The Morgan fingerprint density at radius 3 is 2.74 bits per heavy atom. The number of hydrogen-bond acceptors (Lipinski definition) is 6. The van der Waals surface area contributed by atoms with E-state index in [1.807, 2.05) is 34.7 Å². The molecule has 1 aromatic carbocycles. The van der Waals surface area contributed by atoms with Crippen LogP contribution < -0.4 is 19.9 Å². The lowest BCUT2D eigenvalue weighted by atomic mass is 9.97. The highest BCUT2D eigenvalue weighted by atomic mass is 16.5. The van der Waals surface area contributed by atoms with Crippen LogP contribution in [0, 0.1) is 17.2 Å². The molecule has 2 N–H and O–H groups in total. The van der Waals surface area contributed by atoms with Crippen LogP contribution in [0.2, 0.25) is 0 Å². The van der Waals surface area contributed by atoms with Gasteiger partial charge in [0.1, 0.15) is 35.4 Å². The third-order valence-corrected chi connectivity index (χ3v) is 6.23. The normalized spacial score (nSPS) is 20.5. The lowest BCUT2D eigenvalue weighted by Crippen LogP contribution is -2.43. The highest BCUT2D eigenvalue weighted by Crippen LogP contribution is 2.38. The summed E-state index contributed by atoms with van der Waals surface area (Å²) in [4.78, 5) is 4.49. The molecule has 0 spiro atoms. The van der Waals surface area contributed by atoms with Gasteiger partial charge in [-0.05, 0) is 49.4 Å². The standard InChI is InChI=1S/C24H28N4O3/c1-4-16-8-9-24(26,12-16)15-31-21-11-17(10-20(29-2)18(21)13-25)19-14-27-22-6-5-7-23(30-3)28(19)22/h5-7,10-11,14,16H,4,8-9,12,15,26H2,1-3H3/t16-,24-/m1/s1. The maximum absolute atomic E-state index is 9.76. The van der Waals surface area contributed by atoms with E-state index in [1.54, 1.807) is 20.4 Å². The van der Waals surface area contributed by atoms with Crippen molar-refractivity contribution in [2.75, 3.05) is 20.8 Å². The van der Waals surface area contributed by atoms with Gasteiger partial charge in [-0.1, -0.05) is 19.4 Å². The van der Waals surface area contributed by atoms with Crippen LogP contribution in [-0.4, -0.2) is 35.8 Å². The van der Waals surface area contributed by atoms with Gasteiger partial charge in [0, 0.05) is 5.56 Å². The molecule has 1 fully saturated rings. The van der Waals surface area contributed by atoms with Crippen molar-refractivity contribution in [3.63, 3.8) is 0 Å². The number of nitriles is 1. The monoisotopic (exact) mass is 420 g/mol. The van der Waals surface area contributed by atoms with Gasteiger partial charge in [0.15, 0.2) is 5.88 Å². The second-order valence-corrected chi connectivity index (χ2v) is 8.24. The average Bonchev–Trinajstić information content (AvgIpc) is 3.40. The van der Waals surface area contributed by atoms with Crippen molar-refractivity contribution < 1.29 is 14.2 Å². The first-order chi connectivity index (χ1) is 15.0. The van der Waals surface area contributed by atoms with Gasteiger partial charge < -0.3 is 19.9 Å². The lowest BCUT2D eigenvalue weighted by molar-refractivity contribution is 0.214. The number of rotatable bonds is 7. The number of ether oxygens (including phenoxy) is 3. The van der Waals surface area contributed by atoms with Crippen molar-refractivity contribution in [3.05, 3.63) is 42.1 Å². The molecule has 0 radical (unpaired) electrons. The Morgan fingerprint density at radius 1 is 1.26 bits per heavy atom. The summed E-state index contributed by atoms with van der Waals surface area (Å²) in [5.74, 6) is 2.21. The van der Waals surface area contributed by atoms with E-state index in [-0.39, 0.29) is 5.54 Å². The number of nitrogens with zero attached hydrogens (tertiary/aromatic N) is 3. The Labute approximate surface area is 182 Å². The summed E-state index contributed by atoms with van der Waals surface area (Å²) < 4.78 is 19.1. The average molecular weight is 421 g/mol. The molecule has 4 rings (SSSR count). The summed E-state index contributed by atoms with van der Waals surface area (Å²) in [5, 5.41) is 9.76. The Kier molecular flexibility index (Phi) is 5.75. The molecule has 0 unspecified atom stereocenters. The first-order valence-electron chi connectivity index (χ1n) is 10.6. The zero-order valence-corrected chi connectivity index (χ0v) is 18.2. The zero-order valence-electron chi connectivity index (χ0n) is 18.2. The van der Waals surface area contributed by atoms with E-state index in [2.05, 4.69) is 18.0 Å². The SMILES string of the molecule is CC[C@@H]1CC[C@](N)(COc2cc(-c3cnc4cccc(OC)n34)cc(OC)c2C#N)C1. The molecule has 1 aliphatic carbocycles. The molecule has 1 aliphatic rings. The van der Waals surface area contributed by atoms with Crippen LogP contribution in [0.1, 0.15) is 38.2 Å². The molecule has 0 saturated heterocycles. The third-order valence-electron chi connectivity index (χ3n) is 6.23. The van der Waals surface area contributed by atoms with Gasteiger partial charge in [0.2, 0.25) is 0 Å². The topological polar surface area (TPSA) is 94.8 Å². The van der Waals surface area contributed by atoms with Crippen LogP contribution in [0.15, 0.2) is 36.5 Å². The quantitative estimate of drug-likeness (QED) is 0.616. The number of nitrogens with two attached hydrogens (primary N) is 1. The molecule has 0 aliphatic heterocycles. The molecule has 1 saturated carbocycles. The molecular weight excluding hydrogens is 392 g/mol. The first kappa shape index (κ1) is 21.0. The summed E-state index contributed by atoms with van der Waals surface area (Å²) in [6.45, 7) is 2.56. The minimum Gasteiger partial charge on any atom is -0.495 e. The molecule has 7 heteroatoms. The highest BCUT2D eigenvalue weighted by molar-refractivity contribution is 5.71. The number of imidazole rings is 1. The van der Waals surface area contributed by atoms with Crippen LogP contribution in [0.3, 0.4) is 0 Å². The van der Waals surface area contributed by atoms with E-state index in [4.69, 9.17) is 19.9 Å². The number of fused-ring (bicyclic) bond motifs is 1. The van der Waals surface area contributed by atoms with Crippen molar-refractivity contribution in [2.45, 2.75) is 38.1 Å². The number of benzene rings is 1. The highest BCUT2D eigenvalue weighted by Gasteiger charge is 2.36. The van der Waals surface area contributed by atoms with Crippen molar-refractivity contribution in [1.29, 1.82) is 5.26 Å². The second-order valence-electron chi connectivity index (χ2n) is 8.24. The van der Waals surface area contributed by atoms with Gasteiger partial charge in [-0.25, -0.2) is 4.98 Å². The zero-order chi connectivity index (χ0) is 22.0. The van der Waals surface area contributed by atoms with E-state index in [0.29, 0.717) is 35.5 Å². The maximum atomic E-state index is 9.76. The third kappa shape index (κ3) is 3.91. The molecule has 2 atom stereocenters. The van der Waals surface area contributed by atoms with Gasteiger partial charge in [-0.2, -0.15) is 5.26 Å². The summed E-state index contributed by atoms with van der Waals surface area (Å²) in [6.07, 6.45) is 5.88. The van der Waals surface area contributed by atoms with Crippen LogP contribution in [-0.2, 0) is 0 Å². The van der Waals surface area contributed by atoms with E-state index in [1.165, 1.54) is 0 Å². The fourth-order valence-electron chi connectivity index (χ4n) is 4.46. The van der Waals surface area contributed by atoms with Gasteiger partial charge in [-0.3, -0.25) is 4.40 Å². The molecule has 0 bridgehead atoms. The van der Waals surface area contributed by atoms with Crippen LogP contribution >= 0.6 is 0 Å². The molecule has 162 valence electrons.